The number of hydrogen-bond acceptors (Lipinski definition) is 1. The quantitative estimate of drug-likeness (QED) is 0.339. The molecule has 0 aliphatic carbocycles. The van der Waals surface area contributed by atoms with Crippen molar-refractivity contribution in [3.8, 4) is 0 Å². The Labute approximate surface area is 79.8 Å². The molecule has 0 fully saturated rings. The molecule has 0 N–H and O–H groups in total. The van der Waals surface area contributed by atoms with Gasteiger partial charge in [-0.25, -0.2) is 0 Å². The van der Waals surface area contributed by atoms with Gasteiger partial charge in [-0.2, -0.15) is 0 Å². The highest BCUT2D eigenvalue weighted by atomic mass is 35.5. The highest BCUT2D eigenvalue weighted by molar-refractivity contribution is 6.63. The van der Waals surface area contributed by atoms with Crippen LogP contribution in [0.15, 0.2) is 12.2 Å². The Kier molecular flexibility index (Phi) is 8.57. The maximum absolute atomic E-state index is 10.3. The van der Waals surface area contributed by atoms with Crippen molar-refractivity contribution in [1.82, 2.24) is 0 Å². The average molecular weight is 189 g/mol. The summed E-state index contributed by atoms with van der Waals surface area (Å²) in [5.41, 5.74) is 0. The Morgan fingerprint density at radius 3 is 2.50 bits per heavy atom. The second-order valence-corrected chi connectivity index (χ2v) is 3.28. The minimum Gasteiger partial charge on any atom is -0.281 e. The molecule has 0 saturated heterocycles. The maximum atomic E-state index is 10.3. The summed E-state index contributed by atoms with van der Waals surface area (Å²) in [6.45, 7) is 2.19. The average Bonchev–Trinajstić information content (AvgIpc) is 2.02. The molecule has 0 rings (SSSR count). The summed E-state index contributed by atoms with van der Waals surface area (Å²) in [5, 5.41) is -0.242. The van der Waals surface area contributed by atoms with Gasteiger partial charge in [-0.1, -0.05) is 31.9 Å². The summed E-state index contributed by atoms with van der Waals surface area (Å²) in [6, 6.07) is 0. The standard InChI is InChI=1S/C10H17ClO/c1-2-3-4-5-6-7-8-9-10(11)12/h6-7H,2-5,8-9H2,1H3/b7-6-. The Morgan fingerprint density at radius 1 is 1.25 bits per heavy atom. The van der Waals surface area contributed by atoms with Gasteiger partial charge in [-0.05, 0) is 30.9 Å². The van der Waals surface area contributed by atoms with Gasteiger partial charge >= 0.3 is 0 Å². The van der Waals surface area contributed by atoms with E-state index >= 15 is 0 Å². The van der Waals surface area contributed by atoms with Crippen molar-refractivity contribution in [3.63, 3.8) is 0 Å². The van der Waals surface area contributed by atoms with Crippen LogP contribution in [-0.4, -0.2) is 5.24 Å². The van der Waals surface area contributed by atoms with Crippen LogP contribution in [0.2, 0.25) is 0 Å². The molecule has 0 aliphatic heterocycles. The van der Waals surface area contributed by atoms with Crippen LogP contribution in [-0.2, 0) is 4.79 Å². The van der Waals surface area contributed by atoms with E-state index in [0.29, 0.717) is 6.42 Å². The molecular weight excluding hydrogens is 172 g/mol. The summed E-state index contributed by atoms with van der Waals surface area (Å²) in [7, 11) is 0. The highest BCUT2D eigenvalue weighted by Crippen LogP contribution is 2.01. The molecule has 0 heterocycles. The molecule has 12 heavy (non-hydrogen) atoms. The lowest BCUT2D eigenvalue weighted by molar-refractivity contribution is -0.111. The molecule has 0 radical (unpaired) electrons. The fraction of sp³-hybridized carbons (Fsp3) is 0.700. The Bertz CT molecular complexity index is 141. The van der Waals surface area contributed by atoms with Gasteiger partial charge in [-0.3, -0.25) is 4.79 Å². The molecule has 0 bridgehead atoms. The molecular formula is C10H17ClO. The smallest absolute Gasteiger partial charge is 0.221 e. The molecule has 0 spiro atoms. The topological polar surface area (TPSA) is 17.1 Å². The van der Waals surface area contributed by atoms with Crippen molar-refractivity contribution in [2.45, 2.75) is 45.4 Å². The van der Waals surface area contributed by atoms with Gasteiger partial charge in [0.2, 0.25) is 5.24 Å². The van der Waals surface area contributed by atoms with E-state index in [1.807, 2.05) is 6.08 Å². The summed E-state index contributed by atoms with van der Waals surface area (Å²) < 4.78 is 0. The van der Waals surface area contributed by atoms with Gasteiger partial charge in [0, 0.05) is 6.42 Å². The lowest BCUT2D eigenvalue weighted by Gasteiger charge is -1.91. The first kappa shape index (κ1) is 11.7. The third kappa shape index (κ3) is 9.70. The molecule has 0 aliphatic rings. The van der Waals surface area contributed by atoms with Crippen LogP contribution in [0.4, 0.5) is 0 Å². The molecule has 0 unspecified atom stereocenters. The normalized spacial score (nSPS) is 10.8. The minimum atomic E-state index is -0.242. The number of rotatable bonds is 7. The maximum Gasteiger partial charge on any atom is 0.221 e. The summed E-state index contributed by atoms with van der Waals surface area (Å²) in [5.74, 6) is 0. The molecule has 2 heteroatoms. The van der Waals surface area contributed by atoms with Crippen molar-refractivity contribution in [3.05, 3.63) is 12.2 Å². The summed E-state index contributed by atoms with van der Waals surface area (Å²) >= 11 is 5.17. The third-order valence-electron chi connectivity index (χ3n) is 1.65. The number of carbonyl (C=O) groups is 1. The van der Waals surface area contributed by atoms with Gasteiger partial charge in [0.25, 0.3) is 0 Å². The molecule has 0 aromatic heterocycles. The summed E-state index contributed by atoms with van der Waals surface area (Å²) in [4.78, 5) is 10.3. The van der Waals surface area contributed by atoms with Crippen molar-refractivity contribution in [2.75, 3.05) is 0 Å². The molecule has 0 saturated carbocycles. The Balaban J connectivity index is 3.09. The Hall–Kier alpha value is -0.300. The van der Waals surface area contributed by atoms with E-state index in [1.54, 1.807) is 0 Å². The van der Waals surface area contributed by atoms with Crippen molar-refractivity contribution < 1.29 is 4.79 Å². The van der Waals surface area contributed by atoms with Crippen LogP contribution in [0.3, 0.4) is 0 Å². The van der Waals surface area contributed by atoms with Crippen LogP contribution in [0.5, 0.6) is 0 Å². The lowest BCUT2D eigenvalue weighted by Crippen LogP contribution is -1.82. The number of unbranched alkanes of at least 4 members (excludes halogenated alkanes) is 3. The van der Waals surface area contributed by atoms with E-state index in [1.165, 1.54) is 19.3 Å². The largest absolute Gasteiger partial charge is 0.281 e. The molecule has 70 valence electrons. The third-order valence-corrected chi connectivity index (χ3v) is 1.84. The van der Waals surface area contributed by atoms with E-state index in [-0.39, 0.29) is 5.24 Å². The number of carbonyl (C=O) groups excluding carboxylic acids is 1. The monoisotopic (exact) mass is 188 g/mol. The van der Waals surface area contributed by atoms with E-state index in [2.05, 4.69) is 13.0 Å². The van der Waals surface area contributed by atoms with Gasteiger partial charge in [0.05, 0.1) is 0 Å². The van der Waals surface area contributed by atoms with Gasteiger partial charge in [0.15, 0.2) is 0 Å². The predicted octanol–water partition coefficient (Wildman–Crippen LogP) is 3.67. The fourth-order valence-electron chi connectivity index (χ4n) is 0.945. The van der Waals surface area contributed by atoms with E-state index < -0.39 is 0 Å². The Morgan fingerprint density at radius 2 is 1.92 bits per heavy atom. The molecule has 0 aromatic rings. The number of allylic oxidation sites excluding steroid dienone is 2. The van der Waals surface area contributed by atoms with Crippen LogP contribution in [0.25, 0.3) is 0 Å². The van der Waals surface area contributed by atoms with E-state index in [4.69, 9.17) is 11.6 Å². The van der Waals surface area contributed by atoms with Crippen LogP contribution in [0.1, 0.15) is 45.4 Å². The first-order valence-corrected chi connectivity index (χ1v) is 4.98. The SMILES string of the molecule is CCCCC/C=C\CCC(=O)Cl. The van der Waals surface area contributed by atoms with Gasteiger partial charge in [-0.15, -0.1) is 0 Å². The highest BCUT2D eigenvalue weighted by Gasteiger charge is 1.90. The molecule has 1 nitrogen and oxygen atoms in total. The molecule has 0 atom stereocenters. The number of halogens is 1. The van der Waals surface area contributed by atoms with Gasteiger partial charge in [0.1, 0.15) is 0 Å². The molecule has 0 aromatic carbocycles. The van der Waals surface area contributed by atoms with Crippen LogP contribution >= 0.6 is 11.6 Å². The van der Waals surface area contributed by atoms with Crippen molar-refractivity contribution in [1.29, 1.82) is 0 Å². The van der Waals surface area contributed by atoms with Crippen molar-refractivity contribution in [2.24, 2.45) is 0 Å². The zero-order valence-electron chi connectivity index (χ0n) is 7.68. The van der Waals surface area contributed by atoms with Crippen LogP contribution in [0, 0.1) is 0 Å². The minimum absolute atomic E-state index is 0.242. The predicted molar refractivity (Wildman–Crippen MR) is 53.4 cm³/mol. The zero-order valence-corrected chi connectivity index (χ0v) is 8.44. The number of hydrogen-bond donors (Lipinski definition) is 0. The first-order chi connectivity index (χ1) is 5.77. The lowest BCUT2D eigenvalue weighted by atomic mass is 10.2. The van der Waals surface area contributed by atoms with Gasteiger partial charge < -0.3 is 0 Å². The van der Waals surface area contributed by atoms with E-state index in [0.717, 1.165) is 12.8 Å². The molecule has 0 amide bonds. The zero-order chi connectivity index (χ0) is 9.23. The second kappa shape index (κ2) is 8.79. The second-order valence-electron chi connectivity index (χ2n) is 2.86. The first-order valence-electron chi connectivity index (χ1n) is 4.60. The van der Waals surface area contributed by atoms with E-state index in [9.17, 15) is 4.79 Å². The van der Waals surface area contributed by atoms with Crippen molar-refractivity contribution >= 4 is 16.8 Å². The van der Waals surface area contributed by atoms with Crippen LogP contribution < -0.4 is 0 Å². The summed E-state index contributed by atoms with van der Waals surface area (Å²) in [6.07, 6.45) is 10.4. The fourth-order valence-corrected chi connectivity index (χ4v) is 1.05.